The van der Waals surface area contributed by atoms with Crippen LogP contribution in [-0.4, -0.2) is 37.4 Å². The van der Waals surface area contributed by atoms with Crippen molar-refractivity contribution in [3.05, 3.63) is 0 Å². The van der Waals surface area contributed by atoms with Gasteiger partial charge in [-0.25, -0.2) is 0 Å². The molecule has 0 spiro atoms. The average Bonchev–Trinajstić information content (AvgIpc) is 2.33. The number of carbonyl (C=O) groups is 1. The van der Waals surface area contributed by atoms with Gasteiger partial charge in [-0.05, 0) is 6.92 Å². The normalized spacial score (nSPS) is 11.4. The highest BCUT2D eigenvalue weighted by Crippen LogP contribution is 2.20. The van der Waals surface area contributed by atoms with Gasteiger partial charge >= 0.3 is 0 Å². The summed E-state index contributed by atoms with van der Waals surface area (Å²) in [5, 5.41) is 12.2. The van der Waals surface area contributed by atoms with Crippen molar-refractivity contribution in [2.75, 3.05) is 20.3 Å². The molecule has 1 atom stereocenters. The molecule has 0 saturated carbocycles. The van der Waals surface area contributed by atoms with Gasteiger partial charge in [0.25, 0.3) is 0 Å². The van der Waals surface area contributed by atoms with Gasteiger partial charge in [-0.1, -0.05) is 41.5 Å². The number of aliphatic hydroxyl groups is 1. The molecule has 0 aromatic carbocycles. The van der Waals surface area contributed by atoms with Crippen LogP contribution in [0.3, 0.4) is 0 Å². The molecule has 2 N–H and O–H groups in total. The molecule has 0 rings (SSSR count). The minimum absolute atomic E-state index is 0.343. The number of likely N-dealkylation sites (N-methyl/N-ethyl adjacent to an activating group) is 1. The standard InChI is InChI=1S/C9H19NO3.2C2H6/c1-5-10-8(12)7(11)9(2,3)6-13-4;2*1-2/h7,11H,5-6H2,1-4H3,(H,10,12);2*1-2H3. The number of nitrogens with one attached hydrogen (secondary N) is 1. The quantitative estimate of drug-likeness (QED) is 0.785. The van der Waals surface area contributed by atoms with E-state index in [9.17, 15) is 9.90 Å². The highest BCUT2D eigenvalue weighted by molar-refractivity contribution is 5.81. The summed E-state index contributed by atoms with van der Waals surface area (Å²) in [6, 6.07) is 0. The van der Waals surface area contributed by atoms with Crippen molar-refractivity contribution in [2.45, 2.75) is 54.6 Å². The molecule has 1 amide bonds. The van der Waals surface area contributed by atoms with Crippen LogP contribution < -0.4 is 5.32 Å². The zero-order valence-electron chi connectivity index (χ0n) is 12.8. The summed E-state index contributed by atoms with van der Waals surface area (Å²) in [5.74, 6) is -0.343. The van der Waals surface area contributed by atoms with E-state index in [4.69, 9.17) is 4.74 Å². The second-order valence-electron chi connectivity index (χ2n) is 3.72. The predicted molar refractivity (Wildman–Crippen MR) is 73.0 cm³/mol. The molecular weight excluding hydrogens is 218 g/mol. The van der Waals surface area contributed by atoms with Gasteiger partial charge in [0.1, 0.15) is 6.10 Å². The van der Waals surface area contributed by atoms with Crippen molar-refractivity contribution in [1.82, 2.24) is 5.32 Å². The first kappa shape index (κ1) is 21.7. The van der Waals surface area contributed by atoms with E-state index >= 15 is 0 Å². The number of carbonyl (C=O) groups excluding carboxylic acids is 1. The highest BCUT2D eigenvalue weighted by Gasteiger charge is 2.33. The summed E-state index contributed by atoms with van der Waals surface area (Å²) in [6.07, 6.45) is -1.02. The fourth-order valence-electron chi connectivity index (χ4n) is 1.08. The van der Waals surface area contributed by atoms with Gasteiger partial charge in [0.15, 0.2) is 0 Å². The first-order valence-corrected chi connectivity index (χ1v) is 6.40. The molecule has 17 heavy (non-hydrogen) atoms. The van der Waals surface area contributed by atoms with Crippen LogP contribution in [0.5, 0.6) is 0 Å². The number of rotatable bonds is 5. The molecule has 0 heterocycles. The second kappa shape index (κ2) is 13.5. The van der Waals surface area contributed by atoms with Gasteiger partial charge in [-0.2, -0.15) is 0 Å². The Balaban J connectivity index is -0.000000439. The molecule has 0 aromatic heterocycles. The number of ether oxygens (including phenoxy) is 1. The SMILES string of the molecule is CC.CC.CCNC(=O)C(O)C(C)(C)COC. The molecular formula is C13H31NO3. The molecule has 0 saturated heterocycles. The maximum Gasteiger partial charge on any atom is 0.249 e. The molecule has 0 aromatic rings. The zero-order chi connectivity index (χ0) is 14.5. The van der Waals surface area contributed by atoms with Crippen molar-refractivity contribution >= 4 is 5.91 Å². The fraction of sp³-hybridized carbons (Fsp3) is 0.923. The molecule has 0 aliphatic rings. The van der Waals surface area contributed by atoms with Crippen molar-refractivity contribution < 1.29 is 14.6 Å². The third-order valence-corrected chi connectivity index (χ3v) is 1.86. The lowest BCUT2D eigenvalue weighted by molar-refractivity contribution is -0.137. The smallest absolute Gasteiger partial charge is 0.249 e. The van der Waals surface area contributed by atoms with E-state index < -0.39 is 11.5 Å². The van der Waals surface area contributed by atoms with Gasteiger partial charge in [-0.3, -0.25) is 4.79 Å². The monoisotopic (exact) mass is 249 g/mol. The Labute approximate surface area is 107 Å². The minimum atomic E-state index is -1.02. The summed E-state index contributed by atoms with van der Waals surface area (Å²) in [4.78, 5) is 11.2. The number of hydrogen-bond donors (Lipinski definition) is 2. The van der Waals surface area contributed by atoms with Crippen LogP contribution in [0.1, 0.15) is 48.5 Å². The maximum absolute atomic E-state index is 11.2. The van der Waals surface area contributed by atoms with E-state index in [0.29, 0.717) is 13.2 Å². The predicted octanol–water partition coefficient (Wildman–Crippen LogP) is 2.21. The molecule has 0 bridgehead atoms. The Hall–Kier alpha value is -0.610. The van der Waals surface area contributed by atoms with E-state index in [1.54, 1.807) is 21.0 Å². The van der Waals surface area contributed by atoms with Gasteiger partial charge in [0, 0.05) is 19.1 Å². The summed E-state index contributed by atoms with van der Waals surface area (Å²) in [5.41, 5.74) is -0.548. The van der Waals surface area contributed by atoms with Crippen LogP contribution in [0.15, 0.2) is 0 Å². The van der Waals surface area contributed by atoms with Crippen molar-refractivity contribution in [2.24, 2.45) is 5.41 Å². The van der Waals surface area contributed by atoms with Gasteiger partial charge < -0.3 is 15.2 Å². The van der Waals surface area contributed by atoms with E-state index in [1.807, 2.05) is 34.6 Å². The molecule has 106 valence electrons. The summed E-state index contributed by atoms with van der Waals surface area (Å²) in [7, 11) is 1.55. The summed E-state index contributed by atoms with van der Waals surface area (Å²) < 4.78 is 4.92. The molecule has 0 fully saturated rings. The molecule has 4 heteroatoms. The van der Waals surface area contributed by atoms with Crippen LogP contribution >= 0.6 is 0 Å². The van der Waals surface area contributed by atoms with Crippen LogP contribution in [0.4, 0.5) is 0 Å². The fourth-order valence-corrected chi connectivity index (χ4v) is 1.08. The van der Waals surface area contributed by atoms with E-state index in [0.717, 1.165) is 0 Å². The Morgan fingerprint density at radius 2 is 1.71 bits per heavy atom. The zero-order valence-corrected chi connectivity index (χ0v) is 12.8. The summed E-state index contributed by atoms with van der Waals surface area (Å²) in [6.45, 7) is 14.3. The first-order valence-electron chi connectivity index (χ1n) is 6.40. The Morgan fingerprint density at radius 3 is 2.00 bits per heavy atom. The Morgan fingerprint density at radius 1 is 1.29 bits per heavy atom. The molecule has 4 nitrogen and oxygen atoms in total. The largest absolute Gasteiger partial charge is 0.384 e. The lowest BCUT2D eigenvalue weighted by Crippen LogP contribution is -2.45. The highest BCUT2D eigenvalue weighted by atomic mass is 16.5. The molecule has 0 aliphatic heterocycles. The van der Waals surface area contributed by atoms with Crippen molar-refractivity contribution in [3.8, 4) is 0 Å². The van der Waals surface area contributed by atoms with E-state index in [2.05, 4.69) is 5.32 Å². The van der Waals surface area contributed by atoms with Crippen LogP contribution in [0, 0.1) is 5.41 Å². The van der Waals surface area contributed by atoms with E-state index in [1.165, 1.54) is 0 Å². The lowest BCUT2D eigenvalue weighted by atomic mass is 9.87. The minimum Gasteiger partial charge on any atom is -0.384 e. The number of methoxy groups -OCH3 is 1. The molecule has 0 aliphatic carbocycles. The van der Waals surface area contributed by atoms with Crippen LogP contribution in [0.2, 0.25) is 0 Å². The molecule has 1 unspecified atom stereocenters. The third-order valence-electron chi connectivity index (χ3n) is 1.86. The Kier molecular flexibility index (Phi) is 17.1. The van der Waals surface area contributed by atoms with Gasteiger partial charge in [0.2, 0.25) is 5.91 Å². The van der Waals surface area contributed by atoms with Gasteiger partial charge in [0.05, 0.1) is 6.61 Å². The maximum atomic E-state index is 11.2. The average molecular weight is 249 g/mol. The number of amides is 1. The number of aliphatic hydroxyl groups excluding tert-OH is 1. The summed E-state index contributed by atoms with van der Waals surface area (Å²) >= 11 is 0. The molecule has 0 radical (unpaired) electrons. The van der Waals surface area contributed by atoms with Gasteiger partial charge in [-0.15, -0.1) is 0 Å². The lowest BCUT2D eigenvalue weighted by Gasteiger charge is -2.28. The van der Waals surface area contributed by atoms with Crippen LogP contribution in [-0.2, 0) is 9.53 Å². The number of hydrogen-bond acceptors (Lipinski definition) is 3. The topological polar surface area (TPSA) is 58.6 Å². The van der Waals surface area contributed by atoms with Crippen LogP contribution in [0.25, 0.3) is 0 Å². The van der Waals surface area contributed by atoms with E-state index in [-0.39, 0.29) is 5.91 Å². The van der Waals surface area contributed by atoms with Crippen molar-refractivity contribution in [3.63, 3.8) is 0 Å². The Bertz CT molecular complexity index is 170. The van der Waals surface area contributed by atoms with Crippen molar-refractivity contribution in [1.29, 1.82) is 0 Å². The first-order chi connectivity index (χ1) is 7.95. The second-order valence-corrected chi connectivity index (χ2v) is 3.72. The third kappa shape index (κ3) is 10.3.